The van der Waals surface area contributed by atoms with Gasteiger partial charge in [-0.05, 0) is 19.9 Å². The third kappa shape index (κ3) is 3.53. The minimum absolute atomic E-state index is 0.113. The van der Waals surface area contributed by atoms with Gasteiger partial charge in [0.25, 0.3) is 0 Å². The monoisotopic (exact) mass is 209 g/mol. The first-order valence-corrected chi connectivity index (χ1v) is 5.07. The van der Waals surface area contributed by atoms with E-state index in [0.29, 0.717) is 6.54 Å². The predicted molar refractivity (Wildman–Crippen MR) is 61.0 cm³/mol. The Balaban J connectivity index is 2.65. The Kier molecular flexibility index (Phi) is 4.12. The summed E-state index contributed by atoms with van der Waals surface area (Å²) >= 11 is 0. The summed E-state index contributed by atoms with van der Waals surface area (Å²) in [5, 5.41) is 12.4. The predicted octanol–water partition coefficient (Wildman–Crippen LogP) is 1.56. The normalized spacial score (nSPS) is 11.5. The van der Waals surface area contributed by atoms with E-state index in [-0.39, 0.29) is 12.1 Å². The number of hydrogen-bond acceptors (Lipinski definition) is 3. The van der Waals surface area contributed by atoms with Crippen LogP contribution in [0.4, 0.5) is 0 Å². The lowest BCUT2D eigenvalue weighted by Gasteiger charge is -2.24. The third-order valence-corrected chi connectivity index (χ3v) is 2.35. The van der Waals surface area contributed by atoms with Crippen molar-refractivity contribution in [2.75, 3.05) is 13.7 Å². The molecule has 15 heavy (non-hydrogen) atoms. The summed E-state index contributed by atoms with van der Waals surface area (Å²) in [4.78, 5) is 0. The molecule has 0 bridgehead atoms. The standard InChI is InChI=1S/C12H19NO2/c1-12(2,9-14)13-8-10-6-4-5-7-11(10)15-3/h4-7,13-14H,8-9H2,1-3H3. The Morgan fingerprint density at radius 1 is 1.33 bits per heavy atom. The average Bonchev–Trinajstić information content (AvgIpc) is 2.27. The lowest BCUT2D eigenvalue weighted by molar-refractivity contribution is 0.187. The van der Waals surface area contributed by atoms with Gasteiger partial charge in [0.05, 0.1) is 13.7 Å². The molecular formula is C12H19NO2. The molecule has 0 fully saturated rings. The van der Waals surface area contributed by atoms with Crippen LogP contribution in [0.15, 0.2) is 24.3 Å². The molecule has 3 nitrogen and oxygen atoms in total. The Morgan fingerprint density at radius 3 is 2.60 bits per heavy atom. The van der Waals surface area contributed by atoms with Crippen molar-refractivity contribution in [1.29, 1.82) is 0 Å². The van der Waals surface area contributed by atoms with Gasteiger partial charge in [0, 0.05) is 17.6 Å². The Morgan fingerprint density at radius 2 is 2.00 bits per heavy atom. The first-order chi connectivity index (χ1) is 7.09. The fourth-order valence-electron chi connectivity index (χ4n) is 1.24. The van der Waals surface area contributed by atoms with E-state index in [2.05, 4.69) is 5.32 Å². The number of rotatable bonds is 5. The minimum atomic E-state index is -0.263. The number of benzene rings is 1. The molecule has 0 aliphatic carbocycles. The summed E-state index contributed by atoms with van der Waals surface area (Å²) < 4.78 is 5.24. The van der Waals surface area contributed by atoms with Crippen LogP contribution in [0.3, 0.4) is 0 Å². The van der Waals surface area contributed by atoms with Crippen molar-refractivity contribution in [2.24, 2.45) is 0 Å². The zero-order chi connectivity index (χ0) is 11.3. The van der Waals surface area contributed by atoms with Gasteiger partial charge in [-0.15, -0.1) is 0 Å². The van der Waals surface area contributed by atoms with Crippen LogP contribution in [-0.2, 0) is 6.54 Å². The van der Waals surface area contributed by atoms with E-state index >= 15 is 0 Å². The van der Waals surface area contributed by atoms with Crippen LogP contribution >= 0.6 is 0 Å². The number of ether oxygens (including phenoxy) is 1. The van der Waals surface area contributed by atoms with Crippen molar-refractivity contribution in [1.82, 2.24) is 5.32 Å². The van der Waals surface area contributed by atoms with Gasteiger partial charge in [-0.1, -0.05) is 18.2 Å². The van der Waals surface area contributed by atoms with Gasteiger partial charge < -0.3 is 15.2 Å². The molecule has 0 saturated carbocycles. The molecule has 0 atom stereocenters. The molecule has 0 aromatic heterocycles. The van der Waals surface area contributed by atoms with Gasteiger partial charge >= 0.3 is 0 Å². The van der Waals surface area contributed by atoms with Crippen LogP contribution in [0, 0.1) is 0 Å². The van der Waals surface area contributed by atoms with E-state index in [1.165, 1.54) is 0 Å². The number of aliphatic hydroxyl groups excluding tert-OH is 1. The lowest BCUT2D eigenvalue weighted by atomic mass is 10.1. The van der Waals surface area contributed by atoms with Crippen molar-refractivity contribution < 1.29 is 9.84 Å². The van der Waals surface area contributed by atoms with Crippen LogP contribution in [-0.4, -0.2) is 24.4 Å². The van der Waals surface area contributed by atoms with Crippen LogP contribution in [0.2, 0.25) is 0 Å². The number of methoxy groups -OCH3 is 1. The topological polar surface area (TPSA) is 41.5 Å². The molecule has 3 heteroatoms. The molecule has 0 amide bonds. The fraction of sp³-hybridized carbons (Fsp3) is 0.500. The van der Waals surface area contributed by atoms with Crippen LogP contribution in [0.1, 0.15) is 19.4 Å². The fourth-order valence-corrected chi connectivity index (χ4v) is 1.24. The molecular weight excluding hydrogens is 190 g/mol. The van der Waals surface area contributed by atoms with Gasteiger partial charge in [-0.2, -0.15) is 0 Å². The van der Waals surface area contributed by atoms with Crippen LogP contribution < -0.4 is 10.1 Å². The van der Waals surface area contributed by atoms with Gasteiger partial charge in [0.15, 0.2) is 0 Å². The first kappa shape index (κ1) is 12.0. The lowest BCUT2D eigenvalue weighted by Crippen LogP contribution is -2.42. The molecule has 0 radical (unpaired) electrons. The van der Waals surface area contributed by atoms with Gasteiger partial charge in [0.2, 0.25) is 0 Å². The Labute approximate surface area is 91.1 Å². The molecule has 2 N–H and O–H groups in total. The van der Waals surface area contributed by atoms with Gasteiger partial charge in [-0.3, -0.25) is 0 Å². The van der Waals surface area contributed by atoms with Gasteiger partial charge in [-0.25, -0.2) is 0 Å². The zero-order valence-corrected chi connectivity index (χ0v) is 9.58. The second-order valence-corrected chi connectivity index (χ2v) is 4.21. The van der Waals surface area contributed by atoms with Crippen LogP contribution in [0.5, 0.6) is 5.75 Å². The summed E-state index contributed by atoms with van der Waals surface area (Å²) in [5.41, 5.74) is 0.836. The van der Waals surface area contributed by atoms with E-state index < -0.39 is 0 Å². The van der Waals surface area contributed by atoms with E-state index in [9.17, 15) is 0 Å². The summed E-state index contributed by atoms with van der Waals surface area (Å²) in [6.45, 7) is 4.73. The maximum Gasteiger partial charge on any atom is 0.123 e. The van der Waals surface area contributed by atoms with Crippen molar-refractivity contribution in [3.8, 4) is 5.75 Å². The third-order valence-electron chi connectivity index (χ3n) is 2.35. The Hall–Kier alpha value is -1.06. The quantitative estimate of drug-likeness (QED) is 0.773. The highest BCUT2D eigenvalue weighted by molar-refractivity contribution is 5.33. The maximum absolute atomic E-state index is 9.10. The zero-order valence-electron chi connectivity index (χ0n) is 9.58. The largest absolute Gasteiger partial charge is 0.496 e. The SMILES string of the molecule is COc1ccccc1CNC(C)(C)CO. The number of hydrogen-bond donors (Lipinski definition) is 2. The molecule has 0 spiro atoms. The number of aliphatic hydroxyl groups is 1. The molecule has 0 heterocycles. The summed E-state index contributed by atoms with van der Waals surface area (Å²) in [7, 11) is 1.66. The number of nitrogens with one attached hydrogen (secondary N) is 1. The Bertz CT molecular complexity index is 310. The second kappa shape index (κ2) is 5.14. The summed E-state index contributed by atoms with van der Waals surface area (Å²) in [5.74, 6) is 0.874. The molecule has 0 saturated heterocycles. The smallest absolute Gasteiger partial charge is 0.123 e. The number of para-hydroxylation sites is 1. The molecule has 0 unspecified atom stereocenters. The summed E-state index contributed by atoms with van der Waals surface area (Å²) in [6, 6.07) is 7.87. The van der Waals surface area contributed by atoms with Gasteiger partial charge in [0.1, 0.15) is 5.75 Å². The molecule has 0 aliphatic heterocycles. The van der Waals surface area contributed by atoms with Crippen molar-refractivity contribution in [2.45, 2.75) is 25.9 Å². The van der Waals surface area contributed by atoms with Crippen molar-refractivity contribution >= 4 is 0 Å². The molecule has 84 valence electrons. The molecule has 0 aliphatic rings. The van der Waals surface area contributed by atoms with E-state index in [0.717, 1.165) is 11.3 Å². The first-order valence-electron chi connectivity index (χ1n) is 5.07. The summed E-state index contributed by atoms with van der Waals surface area (Å²) in [6.07, 6.45) is 0. The van der Waals surface area contributed by atoms with Crippen LogP contribution in [0.25, 0.3) is 0 Å². The maximum atomic E-state index is 9.10. The molecule has 1 rings (SSSR count). The van der Waals surface area contributed by atoms with E-state index in [1.54, 1.807) is 7.11 Å². The highest BCUT2D eigenvalue weighted by atomic mass is 16.5. The van der Waals surface area contributed by atoms with Crippen molar-refractivity contribution in [3.63, 3.8) is 0 Å². The van der Waals surface area contributed by atoms with E-state index in [1.807, 2.05) is 38.1 Å². The van der Waals surface area contributed by atoms with Crippen molar-refractivity contribution in [3.05, 3.63) is 29.8 Å². The average molecular weight is 209 g/mol. The highest BCUT2D eigenvalue weighted by Gasteiger charge is 2.15. The molecule has 1 aromatic carbocycles. The van der Waals surface area contributed by atoms with E-state index in [4.69, 9.17) is 9.84 Å². The minimum Gasteiger partial charge on any atom is -0.496 e. The molecule has 1 aromatic rings. The highest BCUT2D eigenvalue weighted by Crippen LogP contribution is 2.17. The second-order valence-electron chi connectivity index (χ2n) is 4.21.